The van der Waals surface area contributed by atoms with Gasteiger partial charge in [-0.3, -0.25) is 4.79 Å². The van der Waals surface area contributed by atoms with Gasteiger partial charge in [0, 0.05) is 18.5 Å². The van der Waals surface area contributed by atoms with Crippen molar-refractivity contribution in [2.24, 2.45) is 5.41 Å². The van der Waals surface area contributed by atoms with Gasteiger partial charge in [0.25, 0.3) is 0 Å². The molecule has 0 saturated carbocycles. The average Bonchev–Trinajstić information content (AvgIpc) is 2.57. The highest BCUT2D eigenvalue weighted by Gasteiger charge is 2.30. The lowest BCUT2D eigenvalue weighted by molar-refractivity contribution is -0.157. The van der Waals surface area contributed by atoms with Gasteiger partial charge in [0.1, 0.15) is 12.2 Å². The van der Waals surface area contributed by atoms with Gasteiger partial charge >= 0.3 is 5.97 Å². The van der Waals surface area contributed by atoms with Gasteiger partial charge in [0.05, 0.1) is 12.5 Å². The summed E-state index contributed by atoms with van der Waals surface area (Å²) in [5, 5.41) is 0. The van der Waals surface area contributed by atoms with E-state index in [1.54, 1.807) is 7.11 Å². The molecule has 2 aliphatic rings. The van der Waals surface area contributed by atoms with Crippen molar-refractivity contribution >= 4 is 12.0 Å². The van der Waals surface area contributed by atoms with Gasteiger partial charge in [-0.25, -0.2) is 0 Å². The SMILES string of the molecule is COc1ccc2c3c1O[C@H](CCCN(C)C2)C[C@@H](OC(=O)C(C)(C)C)/C=C\3. The summed E-state index contributed by atoms with van der Waals surface area (Å²) >= 11 is 0. The van der Waals surface area contributed by atoms with E-state index in [0.29, 0.717) is 6.42 Å². The number of carbonyl (C=O) groups excluding carboxylic acids is 1. The van der Waals surface area contributed by atoms with E-state index in [-0.39, 0.29) is 18.2 Å². The molecule has 0 aliphatic carbocycles. The fourth-order valence-corrected chi connectivity index (χ4v) is 3.52. The molecule has 1 aromatic rings. The Balaban J connectivity index is 2.01. The van der Waals surface area contributed by atoms with E-state index in [4.69, 9.17) is 14.2 Å². The van der Waals surface area contributed by atoms with Crippen molar-refractivity contribution in [1.82, 2.24) is 4.90 Å². The molecule has 4 bridgehead atoms. The fourth-order valence-electron chi connectivity index (χ4n) is 3.52. The molecule has 0 fully saturated rings. The summed E-state index contributed by atoms with van der Waals surface area (Å²) in [7, 11) is 3.82. The molecular weight excluding hydrogens is 342 g/mol. The third-order valence-corrected chi connectivity index (χ3v) is 5.10. The smallest absolute Gasteiger partial charge is 0.311 e. The molecule has 0 N–H and O–H groups in total. The van der Waals surface area contributed by atoms with Gasteiger partial charge in [0.15, 0.2) is 11.5 Å². The standard InChI is InChI=1S/C22H31NO4/c1-22(2,3)21(24)27-17-9-10-18-15-8-11-19(25-5)20(18)26-16(13-17)7-6-12-23(4)14-15/h8-11,16-17H,6-7,12-14H2,1-5H3/b10-9-/t16-,17+/m1/s1. The predicted octanol–water partition coefficient (Wildman–Crippen LogP) is 4.04. The minimum atomic E-state index is -0.521. The fraction of sp³-hybridized carbons (Fsp3) is 0.591. The van der Waals surface area contributed by atoms with Gasteiger partial charge in [0.2, 0.25) is 0 Å². The monoisotopic (exact) mass is 373 g/mol. The van der Waals surface area contributed by atoms with Crippen molar-refractivity contribution < 1.29 is 19.0 Å². The summed E-state index contributed by atoms with van der Waals surface area (Å²) in [5.41, 5.74) is 1.69. The van der Waals surface area contributed by atoms with Crippen LogP contribution in [0.25, 0.3) is 6.08 Å². The maximum absolute atomic E-state index is 12.4. The highest BCUT2D eigenvalue weighted by atomic mass is 16.6. The van der Waals surface area contributed by atoms with Crippen LogP contribution in [0.5, 0.6) is 11.5 Å². The second-order valence-corrected chi connectivity index (χ2v) is 8.58. The number of ether oxygens (including phenoxy) is 3. The van der Waals surface area contributed by atoms with Gasteiger partial charge in [-0.05, 0) is 64.9 Å². The first kappa shape index (κ1) is 19.7. The zero-order valence-electron chi connectivity index (χ0n) is 17.1. The molecule has 148 valence electrons. The Labute approximate surface area is 162 Å². The molecular formula is C22H31NO4. The Hall–Kier alpha value is -2.01. The topological polar surface area (TPSA) is 48.0 Å². The van der Waals surface area contributed by atoms with Crippen molar-refractivity contribution in [3.8, 4) is 11.5 Å². The summed E-state index contributed by atoms with van der Waals surface area (Å²) < 4.78 is 17.8. The third kappa shape index (κ3) is 4.64. The first-order valence-corrected chi connectivity index (χ1v) is 9.72. The highest BCUT2D eigenvalue weighted by molar-refractivity contribution is 5.76. The first-order valence-electron chi connectivity index (χ1n) is 9.72. The van der Waals surface area contributed by atoms with Crippen LogP contribution >= 0.6 is 0 Å². The number of hydrogen-bond donors (Lipinski definition) is 0. The van der Waals surface area contributed by atoms with Crippen molar-refractivity contribution in [2.45, 2.75) is 58.8 Å². The predicted molar refractivity (Wildman–Crippen MR) is 106 cm³/mol. The van der Waals surface area contributed by atoms with E-state index in [2.05, 4.69) is 18.0 Å². The van der Waals surface area contributed by atoms with Crippen LogP contribution in [0.1, 0.15) is 51.2 Å². The maximum Gasteiger partial charge on any atom is 0.311 e. The zero-order chi connectivity index (χ0) is 19.6. The molecule has 0 amide bonds. The number of nitrogens with zero attached hydrogens (tertiary/aromatic N) is 1. The van der Waals surface area contributed by atoms with Crippen molar-refractivity contribution in [2.75, 3.05) is 20.7 Å². The van der Waals surface area contributed by atoms with E-state index in [0.717, 1.165) is 43.0 Å². The number of hydrogen-bond acceptors (Lipinski definition) is 5. The van der Waals surface area contributed by atoms with E-state index in [1.165, 1.54) is 5.56 Å². The molecule has 0 spiro atoms. The van der Waals surface area contributed by atoms with Crippen LogP contribution in [0.4, 0.5) is 0 Å². The summed E-state index contributed by atoms with van der Waals surface area (Å²) in [4.78, 5) is 14.7. The Bertz CT molecular complexity index is 720. The van der Waals surface area contributed by atoms with Crippen molar-refractivity contribution in [3.63, 3.8) is 0 Å². The quantitative estimate of drug-likeness (QED) is 0.732. The number of carbonyl (C=O) groups is 1. The zero-order valence-corrected chi connectivity index (χ0v) is 17.1. The second-order valence-electron chi connectivity index (χ2n) is 8.58. The Kier molecular flexibility index (Phi) is 5.80. The normalized spacial score (nSPS) is 24.3. The Morgan fingerprint density at radius 2 is 2.07 bits per heavy atom. The molecule has 0 radical (unpaired) electrons. The summed E-state index contributed by atoms with van der Waals surface area (Å²) in [6.45, 7) is 7.49. The highest BCUT2D eigenvalue weighted by Crippen LogP contribution is 2.39. The molecule has 27 heavy (non-hydrogen) atoms. The minimum Gasteiger partial charge on any atom is -0.493 e. The molecule has 2 atom stereocenters. The largest absolute Gasteiger partial charge is 0.493 e. The molecule has 1 aromatic carbocycles. The molecule has 0 unspecified atom stereocenters. The van der Waals surface area contributed by atoms with Crippen LogP contribution in [0.3, 0.4) is 0 Å². The number of methoxy groups -OCH3 is 1. The van der Waals surface area contributed by atoms with Crippen molar-refractivity contribution in [1.29, 1.82) is 0 Å². The summed E-state index contributed by atoms with van der Waals surface area (Å²) in [5.74, 6) is 1.36. The lowest BCUT2D eigenvalue weighted by atomic mass is 9.96. The Morgan fingerprint density at radius 1 is 1.30 bits per heavy atom. The van der Waals surface area contributed by atoms with Crippen LogP contribution < -0.4 is 9.47 Å². The molecule has 5 nitrogen and oxygen atoms in total. The minimum absolute atomic E-state index is 0.0258. The van der Waals surface area contributed by atoms with Crippen LogP contribution in [-0.2, 0) is 16.1 Å². The van der Waals surface area contributed by atoms with Crippen LogP contribution in [-0.4, -0.2) is 43.8 Å². The molecule has 2 aliphatic heterocycles. The van der Waals surface area contributed by atoms with Crippen molar-refractivity contribution in [3.05, 3.63) is 29.3 Å². The molecule has 5 heteroatoms. The Morgan fingerprint density at radius 3 is 2.78 bits per heavy atom. The van der Waals surface area contributed by atoms with E-state index >= 15 is 0 Å². The van der Waals surface area contributed by atoms with E-state index < -0.39 is 5.41 Å². The van der Waals surface area contributed by atoms with Gasteiger partial charge in [-0.15, -0.1) is 0 Å². The molecule has 2 heterocycles. The maximum atomic E-state index is 12.4. The lowest BCUT2D eigenvalue weighted by Gasteiger charge is -2.31. The van der Waals surface area contributed by atoms with E-state index in [9.17, 15) is 4.79 Å². The first-order chi connectivity index (χ1) is 12.8. The number of rotatable bonds is 2. The number of benzene rings is 1. The van der Waals surface area contributed by atoms with E-state index in [1.807, 2.05) is 39.0 Å². The number of fused-ring (bicyclic) bond motifs is 1. The third-order valence-electron chi connectivity index (χ3n) is 5.10. The number of esters is 1. The van der Waals surface area contributed by atoms with Crippen LogP contribution in [0, 0.1) is 5.41 Å². The average molecular weight is 373 g/mol. The van der Waals surface area contributed by atoms with Gasteiger partial charge in [-0.2, -0.15) is 0 Å². The van der Waals surface area contributed by atoms with Crippen LogP contribution in [0.15, 0.2) is 18.2 Å². The van der Waals surface area contributed by atoms with Gasteiger partial charge < -0.3 is 19.1 Å². The second kappa shape index (κ2) is 7.93. The van der Waals surface area contributed by atoms with Crippen LogP contribution in [0.2, 0.25) is 0 Å². The molecule has 3 rings (SSSR count). The lowest BCUT2D eigenvalue weighted by Crippen LogP contribution is -2.33. The summed E-state index contributed by atoms with van der Waals surface area (Å²) in [6.07, 6.45) is 6.31. The van der Waals surface area contributed by atoms with Gasteiger partial charge in [-0.1, -0.05) is 12.1 Å². The molecule has 0 aromatic heterocycles. The molecule has 0 saturated heterocycles. The summed E-state index contributed by atoms with van der Waals surface area (Å²) in [6, 6.07) is 4.07.